The third-order valence-corrected chi connectivity index (χ3v) is 1.54. The summed E-state index contributed by atoms with van der Waals surface area (Å²) < 4.78 is 9.44. The fourth-order valence-electron chi connectivity index (χ4n) is 0.669. The largest absolute Gasteiger partial charge is 0.456 e. The summed E-state index contributed by atoms with van der Waals surface area (Å²) in [5.74, 6) is -1.56. The molecule has 0 aliphatic rings. The van der Waals surface area contributed by atoms with Gasteiger partial charge in [-0.1, -0.05) is 6.92 Å². The van der Waals surface area contributed by atoms with E-state index in [0.29, 0.717) is 6.42 Å². The summed E-state index contributed by atoms with van der Waals surface area (Å²) in [4.78, 5) is 14.4. The quantitative estimate of drug-likeness (QED) is 0.671. The zero-order valence-electron chi connectivity index (χ0n) is 7.44. The Bertz CT molecular complexity index is 294. The minimum Gasteiger partial charge on any atom is -0.456 e. The van der Waals surface area contributed by atoms with Crippen LogP contribution in [0.1, 0.15) is 31.0 Å². The van der Waals surface area contributed by atoms with Gasteiger partial charge in [-0.3, -0.25) is 5.11 Å². The number of carbonyl (C=O) groups excluding carboxylic acids is 1. The molecule has 0 aromatic carbocycles. The third kappa shape index (κ3) is 2.47. The van der Waals surface area contributed by atoms with E-state index in [2.05, 4.69) is 9.40 Å². The lowest BCUT2D eigenvalue weighted by atomic mass is 10.3. The summed E-state index contributed by atoms with van der Waals surface area (Å²) in [6, 6.07) is 0. The van der Waals surface area contributed by atoms with Crippen LogP contribution in [0, 0.1) is 0 Å². The summed E-state index contributed by atoms with van der Waals surface area (Å²) >= 11 is 0. The van der Waals surface area contributed by atoms with Gasteiger partial charge in [0, 0.05) is 0 Å². The first-order chi connectivity index (χ1) is 6.13. The van der Waals surface area contributed by atoms with Gasteiger partial charge in [0.1, 0.15) is 0 Å². The molecule has 1 radical (unpaired) electrons. The van der Waals surface area contributed by atoms with Crippen LogP contribution in [-0.2, 0) is 9.84 Å². The second kappa shape index (κ2) is 3.93. The predicted octanol–water partition coefficient (Wildman–Crippen LogP) is 1.77. The molecule has 1 atom stereocenters. The second-order valence-corrected chi connectivity index (χ2v) is 2.62. The van der Waals surface area contributed by atoms with Crippen LogP contribution in [0.15, 0.2) is 10.7 Å². The van der Waals surface area contributed by atoms with Crippen molar-refractivity contribution >= 4 is 5.97 Å². The van der Waals surface area contributed by atoms with Gasteiger partial charge in [-0.2, -0.15) is 4.98 Å². The lowest BCUT2D eigenvalue weighted by molar-refractivity contribution is 0.0289. The molecule has 0 aliphatic heterocycles. The van der Waals surface area contributed by atoms with Crippen molar-refractivity contribution in [3.8, 4) is 5.88 Å². The van der Waals surface area contributed by atoms with Crippen LogP contribution < -0.4 is 0 Å². The fraction of sp³-hybridized carbons (Fsp3) is 0.500. The number of hydrogen-bond acceptors (Lipinski definition) is 4. The summed E-state index contributed by atoms with van der Waals surface area (Å²) in [7, 11) is 0. The zero-order valence-corrected chi connectivity index (χ0v) is 7.44. The van der Waals surface area contributed by atoms with Gasteiger partial charge in [0.25, 0.3) is 0 Å². The molecule has 1 heterocycles. The maximum Gasteiger partial charge on any atom is 0.395 e. The molecule has 5 heteroatoms. The molecule has 1 aromatic rings. The van der Waals surface area contributed by atoms with Crippen LogP contribution in [0.3, 0.4) is 0 Å². The molecule has 0 spiro atoms. The Hall–Kier alpha value is -1.52. The fourth-order valence-corrected chi connectivity index (χ4v) is 0.669. The molecular formula is C8H10NO4. The van der Waals surface area contributed by atoms with Gasteiger partial charge in [0.15, 0.2) is 6.26 Å². The number of carbonyl (C=O) groups is 1. The van der Waals surface area contributed by atoms with Crippen LogP contribution in [0.25, 0.3) is 0 Å². The summed E-state index contributed by atoms with van der Waals surface area (Å²) in [5, 5.41) is 10.5. The highest BCUT2D eigenvalue weighted by Crippen LogP contribution is 2.10. The first kappa shape index (κ1) is 9.57. The lowest BCUT2D eigenvalue weighted by Gasteiger charge is -2.07. The molecular weight excluding hydrogens is 174 g/mol. The molecule has 71 valence electrons. The standard InChI is InChI=1S/C8H10NO4/c1-3-5(2)13-8(11)7-9-6(10)4-12-7/h4-5H,3H2,1-2H3. The molecule has 0 saturated heterocycles. The van der Waals surface area contributed by atoms with E-state index in [1.54, 1.807) is 6.92 Å². The topological polar surface area (TPSA) is 72.2 Å². The number of ether oxygens (including phenoxy) is 1. The number of rotatable bonds is 3. The number of nitrogens with zero attached hydrogens (tertiary/aromatic N) is 1. The van der Waals surface area contributed by atoms with Crippen molar-refractivity contribution in [3.05, 3.63) is 12.2 Å². The van der Waals surface area contributed by atoms with E-state index in [1.807, 2.05) is 6.92 Å². The van der Waals surface area contributed by atoms with Crippen molar-refractivity contribution in [3.63, 3.8) is 0 Å². The van der Waals surface area contributed by atoms with E-state index in [1.165, 1.54) is 0 Å². The molecule has 1 rings (SSSR count). The van der Waals surface area contributed by atoms with Crippen molar-refractivity contribution in [1.29, 1.82) is 0 Å². The van der Waals surface area contributed by atoms with E-state index in [4.69, 9.17) is 4.74 Å². The zero-order chi connectivity index (χ0) is 9.84. The van der Waals surface area contributed by atoms with Gasteiger partial charge < -0.3 is 9.15 Å². The maximum atomic E-state index is 11.1. The van der Waals surface area contributed by atoms with Crippen LogP contribution in [0.2, 0.25) is 0 Å². The van der Waals surface area contributed by atoms with Gasteiger partial charge in [0.2, 0.25) is 0 Å². The molecule has 0 saturated carbocycles. The highest BCUT2D eigenvalue weighted by Gasteiger charge is 2.17. The smallest absolute Gasteiger partial charge is 0.395 e. The van der Waals surface area contributed by atoms with E-state index >= 15 is 0 Å². The number of aromatic nitrogens is 1. The Balaban J connectivity index is 2.58. The van der Waals surface area contributed by atoms with Crippen LogP contribution in [-0.4, -0.2) is 17.1 Å². The van der Waals surface area contributed by atoms with Crippen molar-refractivity contribution < 1.29 is 19.1 Å². The molecule has 1 aromatic heterocycles. The SMILES string of the molecule is CCC(C)OC(=O)c1nc([O])co1. The molecule has 0 bridgehead atoms. The number of oxazole rings is 1. The van der Waals surface area contributed by atoms with Crippen molar-refractivity contribution in [2.75, 3.05) is 0 Å². The minimum atomic E-state index is -0.698. The molecule has 1 unspecified atom stereocenters. The molecule has 0 fully saturated rings. The average Bonchev–Trinajstić information content (AvgIpc) is 2.51. The van der Waals surface area contributed by atoms with Gasteiger partial charge in [-0.25, -0.2) is 4.79 Å². The van der Waals surface area contributed by atoms with E-state index in [0.717, 1.165) is 6.26 Å². The first-order valence-corrected chi connectivity index (χ1v) is 3.97. The molecule has 0 aliphatic carbocycles. The summed E-state index contributed by atoms with van der Waals surface area (Å²) in [6.07, 6.45) is 1.37. The Morgan fingerprint density at radius 3 is 2.92 bits per heavy atom. The van der Waals surface area contributed by atoms with Crippen LogP contribution in [0.5, 0.6) is 5.88 Å². The predicted molar refractivity (Wildman–Crippen MR) is 41.8 cm³/mol. The average molecular weight is 184 g/mol. The second-order valence-electron chi connectivity index (χ2n) is 2.62. The Morgan fingerprint density at radius 2 is 2.46 bits per heavy atom. The van der Waals surface area contributed by atoms with Crippen molar-refractivity contribution in [1.82, 2.24) is 4.98 Å². The summed E-state index contributed by atoms with van der Waals surface area (Å²) in [6.45, 7) is 3.63. The first-order valence-electron chi connectivity index (χ1n) is 3.97. The van der Waals surface area contributed by atoms with Gasteiger partial charge in [-0.05, 0) is 13.3 Å². The van der Waals surface area contributed by atoms with E-state index < -0.39 is 11.8 Å². The van der Waals surface area contributed by atoms with Crippen LogP contribution in [0.4, 0.5) is 0 Å². The monoisotopic (exact) mass is 184 g/mol. The molecule has 5 nitrogen and oxygen atoms in total. The van der Waals surface area contributed by atoms with Crippen LogP contribution >= 0.6 is 0 Å². The Labute approximate surface area is 75.3 Å². The molecule has 0 amide bonds. The maximum absolute atomic E-state index is 11.1. The molecule has 13 heavy (non-hydrogen) atoms. The highest BCUT2D eigenvalue weighted by molar-refractivity contribution is 5.84. The van der Waals surface area contributed by atoms with Gasteiger partial charge >= 0.3 is 17.7 Å². The van der Waals surface area contributed by atoms with E-state index in [9.17, 15) is 9.90 Å². The molecule has 0 N–H and O–H groups in total. The van der Waals surface area contributed by atoms with Gasteiger partial charge in [0.05, 0.1) is 6.10 Å². The van der Waals surface area contributed by atoms with Crippen molar-refractivity contribution in [2.45, 2.75) is 26.4 Å². The normalized spacial score (nSPS) is 12.5. The third-order valence-electron chi connectivity index (χ3n) is 1.54. The van der Waals surface area contributed by atoms with Gasteiger partial charge in [-0.15, -0.1) is 0 Å². The number of esters is 1. The highest BCUT2D eigenvalue weighted by atomic mass is 16.6. The van der Waals surface area contributed by atoms with E-state index in [-0.39, 0.29) is 12.0 Å². The Morgan fingerprint density at radius 1 is 1.77 bits per heavy atom. The lowest BCUT2D eigenvalue weighted by Crippen LogP contribution is -2.14. The van der Waals surface area contributed by atoms with Crippen molar-refractivity contribution in [2.24, 2.45) is 0 Å². The Kier molecular flexibility index (Phi) is 2.89. The number of hydrogen-bond donors (Lipinski definition) is 0. The summed E-state index contributed by atoms with van der Waals surface area (Å²) in [5.41, 5.74) is 0. The minimum absolute atomic E-state index is 0.200.